The standard InChI is InChI=1S/C11H13FN2/c1-9(12)8-14-11-4-2-3-10(7-11)5-6-13/h2-4,7,9,14H,5,8H2,1H3. The zero-order valence-electron chi connectivity index (χ0n) is 8.13. The molecule has 74 valence electrons. The second-order valence-corrected chi connectivity index (χ2v) is 3.20. The van der Waals surface area contributed by atoms with Crippen molar-refractivity contribution in [2.75, 3.05) is 11.9 Å². The topological polar surface area (TPSA) is 35.8 Å². The molecule has 0 aromatic heterocycles. The van der Waals surface area contributed by atoms with Crippen LogP contribution in [0.4, 0.5) is 10.1 Å². The zero-order valence-corrected chi connectivity index (χ0v) is 8.13. The van der Waals surface area contributed by atoms with Crippen molar-refractivity contribution in [2.45, 2.75) is 19.5 Å². The van der Waals surface area contributed by atoms with E-state index in [1.54, 1.807) is 0 Å². The Bertz CT molecular complexity index is 328. The first-order valence-corrected chi connectivity index (χ1v) is 4.56. The van der Waals surface area contributed by atoms with Gasteiger partial charge in [0.15, 0.2) is 0 Å². The van der Waals surface area contributed by atoms with Crippen molar-refractivity contribution < 1.29 is 4.39 Å². The van der Waals surface area contributed by atoms with Gasteiger partial charge < -0.3 is 5.32 Å². The molecule has 0 saturated heterocycles. The second kappa shape index (κ2) is 5.23. The normalized spacial score (nSPS) is 11.8. The number of nitrogens with one attached hydrogen (secondary N) is 1. The van der Waals surface area contributed by atoms with Gasteiger partial charge in [-0.15, -0.1) is 0 Å². The highest BCUT2D eigenvalue weighted by Gasteiger charge is 1.98. The van der Waals surface area contributed by atoms with Crippen LogP contribution in [0.3, 0.4) is 0 Å². The molecule has 14 heavy (non-hydrogen) atoms. The van der Waals surface area contributed by atoms with Gasteiger partial charge in [-0.2, -0.15) is 5.26 Å². The molecule has 3 heteroatoms. The number of benzene rings is 1. The van der Waals surface area contributed by atoms with E-state index in [-0.39, 0.29) is 0 Å². The maximum atomic E-state index is 12.5. The van der Waals surface area contributed by atoms with Gasteiger partial charge in [-0.25, -0.2) is 4.39 Å². The van der Waals surface area contributed by atoms with Crippen molar-refractivity contribution in [3.63, 3.8) is 0 Å². The highest BCUT2D eigenvalue weighted by molar-refractivity contribution is 5.46. The van der Waals surface area contributed by atoms with Gasteiger partial charge in [0.1, 0.15) is 6.17 Å². The van der Waals surface area contributed by atoms with Crippen LogP contribution in [0.1, 0.15) is 12.5 Å². The van der Waals surface area contributed by atoms with Crippen LogP contribution in [-0.2, 0) is 6.42 Å². The summed E-state index contributed by atoms with van der Waals surface area (Å²) in [6.07, 6.45) is -0.477. The van der Waals surface area contributed by atoms with Crippen molar-refractivity contribution in [3.05, 3.63) is 29.8 Å². The molecule has 0 radical (unpaired) electrons. The predicted molar refractivity (Wildman–Crippen MR) is 54.8 cm³/mol. The number of hydrogen-bond donors (Lipinski definition) is 1. The number of halogens is 1. The molecule has 0 saturated carbocycles. The Morgan fingerprint density at radius 2 is 2.36 bits per heavy atom. The number of alkyl halides is 1. The van der Waals surface area contributed by atoms with Crippen LogP contribution in [0, 0.1) is 11.3 Å². The lowest BCUT2D eigenvalue weighted by molar-refractivity contribution is 0.378. The quantitative estimate of drug-likeness (QED) is 0.795. The molecule has 0 aliphatic carbocycles. The van der Waals surface area contributed by atoms with Crippen molar-refractivity contribution in [1.29, 1.82) is 5.26 Å². The molecule has 1 rings (SSSR count). The summed E-state index contributed by atoms with van der Waals surface area (Å²) < 4.78 is 12.5. The van der Waals surface area contributed by atoms with Crippen molar-refractivity contribution in [1.82, 2.24) is 0 Å². The smallest absolute Gasteiger partial charge is 0.114 e. The van der Waals surface area contributed by atoms with E-state index < -0.39 is 6.17 Å². The van der Waals surface area contributed by atoms with E-state index >= 15 is 0 Å². The summed E-state index contributed by atoms with van der Waals surface area (Å²) in [4.78, 5) is 0. The number of nitriles is 1. The number of anilines is 1. The fourth-order valence-electron chi connectivity index (χ4n) is 1.14. The van der Waals surface area contributed by atoms with Gasteiger partial charge >= 0.3 is 0 Å². The summed E-state index contributed by atoms with van der Waals surface area (Å²) in [5, 5.41) is 11.5. The van der Waals surface area contributed by atoms with Crippen LogP contribution in [0.25, 0.3) is 0 Å². The monoisotopic (exact) mass is 192 g/mol. The third-order valence-electron chi connectivity index (χ3n) is 1.80. The average Bonchev–Trinajstić information content (AvgIpc) is 2.16. The van der Waals surface area contributed by atoms with Crippen molar-refractivity contribution >= 4 is 5.69 Å². The molecule has 2 nitrogen and oxygen atoms in total. The second-order valence-electron chi connectivity index (χ2n) is 3.20. The molecular weight excluding hydrogens is 179 g/mol. The van der Waals surface area contributed by atoms with Crippen LogP contribution >= 0.6 is 0 Å². The van der Waals surface area contributed by atoms with E-state index in [9.17, 15) is 4.39 Å². The molecule has 1 aromatic carbocycles. The Balaban J connectivity index is 2.60. The van der Waals surface area contributed by atoms with Gasteiger partial charge in [0.2, 0.25) is 0 Å². The van der Waals surface area contributed by atoms with E-state index in [2.05, 4.69) is 11.4 Å². The van der Waals surface area contributed by atoms with E-state index in [1.807, 2.05) is 24.3 Å². The van der Waals surface area contributed by atoms with Crippen LogP contribution in [0.15, 0.2) is 24.3 Å². The molecule has 1 atom stereocenters. The molecule has 1 aromatic rings. The van der Waals surface area contributed by atoms with Crippen LogP contribution in [-0.4, -0.2) is 12.7 Å². The highest BCUT2D eigenvalue weighted by atomic mass is 19.1. The van der Waals surface area contributed by atoms with E-state index in [1.165, 1.54) is 6.92 Å². The Labute approximate surface area is 83.4 Å². The third-order valence-corrected chi connectivity index (χ3v) is 1.80. The van der Waals surface area contributed by atoms with E-state index in [0.717, 1.165) is 11.3 Å². The van der Waals surface area contributed by atoms with Gasteiger partial charge in [0.05, 0.1) is 12.5 Å². The number of rotatable bonds is 4. The van der Waals surface area contributed by atoms with E-state index in [0.29, 0.717) is 13.0 Å². The third kappa shape index (κ3) is 3.44. The average molecular weight is 192 g/mol. The molecular formula is C11H13FN2. The molecule has 0 heterocycles. The molecule has 0 aliphatic heterocycles. The molecule has 0 amide bonds. The lowest BCUT2D eigenvalue weighted by Crippen LogP contribution is -2.11. The molecule has 0 fully saturated rings. The molecule has 1 N–H and O–H groups in total. The largest absolute Gasteiger partial charge is 0.382 e. The predicted octanol–water partition coefficient (Wildman–Crippen LogP) is 2.52. The van der Waals surface area contributed by atoms with Gasteiger partial charge in [0.25, 0.3) is 0 Å². The summed E-state index contributed by atoms with van der Waals surface area (Å²) >= 11 is 0. The Kier molecular flexibility index (Phi) is 3.93. The van der Waals surface area contributed by atoms with Gasteiger partial charge in [-0.3, -0.25) is 0 Å². The zero-order chi connectivity index (χ0) is 10.4. The summed E-state index contributed by atoms with van der Waals surface area (Å²) in [5.74, 6) is 0. The Morgan fingerprint density at radius 3 is 3.00 bits per heavy atom. The fourth-order valence-corrected chi connectivity index (χ4v) is 1.14. The van der Waals surface area contributed by atoms with Gasteiger partial charge in [-0.05, 0) is 24.6 Å². The van der Waals surface area contributed by atoms with Crippen LogP contribution in [0.5, 0.6) is 0 Å². The molecule has 0 spiro atoms. The minimum Gasteiger partial charge on any atom is -0.382 e. The summed E-state index contributed by atoms with van der Waals surface area (Å²) in [5.41, 5.74) is 1.81. The lowest BCUT2D eigenvalue weighted by atomic mass is 10.1. The molecule has 1 unspecified atom stereocenters. The van der Waals surface area contributed by atoms with Crippen LogP contribution in [0.2, 0.25) is 0 Å². The lowest BCUT2D eigenvalue weighted by Gasteiger charge is -2.07. The van der Waals surface area contributed by atoms with Crippen molar-refractivity contribution in [3.8, 4) is 6.07 Å². The first-order chi connectivity index (χ1) is 6.72. The number of hydrogen-bond acceptors (Lipinski definition) is 2. The summed E-state index contributed by atoms with van der Waals surface area (Å²) in [6, 6.07) is 9.55. The highest BCUT2D eigenvalue weighted by Crippen LogP contribution is 2.11. The number of nitrogens with zero attached hydrogens (tertiary/aromatic N) is 1. The maximum absolute atomic E-state index is 12.5. The van der Waals surface area contributed by atoms with Gasteiger partial charge in [-0.1, -0.05) is 12.1 Å². The molecule has 0 bridgehead atoms. The minimum absolute atomic E-state index is 0.302. The Hall–Kier alpha value is -1.56. The Morgan fingerprint density at radius 1 is 1.57 bits per heavy atom. The summed E-state index contributed by atoms with van der Waals surface area (Å²) in [6.45, 7) is 1.81. The minimum atomic E-state index is -0.866. The van der Waals surface area contributed by atoms with Crippen LogP contribution < -0.4 is 5.32 Å². The van der Waals surface area contributed by atoms with Crippen molar-refractivity contribution in [2.24, 2.45) is 0 Å². The SMILES string of the molecule is CC(F)CNc1cccc(CC#N)c1. The first kappa shape index (κ1) is 10.5. The fraction of sp³-hybridized carbons (Fsp3) is 0.364. The summed E-state index contributed by atoms with van der Waals surface area (Å²) in [7, 11) is 0. The molecule has 0 aliphatic rings. The first-order valence-electron chi connectivity index (χ1n) is 4.56. The maximum Gasteiger partial charge on any atom is 0.114 e. The van der Waals surface area contributed by atoms with E-state index in [4.69, 9.17) is 5.26 Å². The van der Waals surface area contributed by atoms with Gasteiger partial charge in [0, 0.05) is 12.2 Å².